The van der Waals surface area contributed by atoms with Crippen LogP contribution >= 0.6 is 27.3 Å². The first-order chi connectivity index (χ1) is 10.1. The Morgan fingerprint density at radius 2 is 2.29 bits per heavy atom. The zero-order chi connectivity index (χ0) is 14.8. The van der Waals surface area contributed by atoms with Crippen LogP contribution in [0.4, 0.5) is 11.4 Å². The number of morpholine rings is 1. The topological polar surface area (TPSA) is 55.6 Å². The molecule has 0 radical (unpaired) electrons. The molecular formula is C14H13BrN2O3S. The van der Waals surface area contributed by atoms with E-state index in [0.717, 1.165) is 10.0 Å². The second kappa shape index (κ2) is 6.13. The molecule has 1 aliphatic heterocycles. The molecule has 1 saturated heterocycles. The van der Waals surface area contributed by atoms with E-state index in [1.807, 2.05) is 16.3 Å². The SMILES string of the molecule is O=[N+]([O-])c1ccc(Br)cc1N1CCOC(c2ccsc2)C1. The second-order valence-corrected chi connectivity index (χ2v) is 6.45. The highest BCUT2D eigenvalue weighted by Gasteiger charge is 2.27. The predicted molar refractivity (Wildman–Crippen MR) is 86.0 cm³/mol. The van der Waals surface area contributed by atoms with E-state index in [1.54, 1.807) is 23.5 Å². The van der Waals surface area contributed by atoms with Gasteiger partial charge in [-0.3, -0.25) is 10.1 Å². The number of thiophene rings is 1. The molecule has 110 valence electrons. The molecule has 0 spiro atoms. The predicted octanol–water partition coefficient (Wildman–Crippen LogP) is 4.00. The molecule has 7 heteroatoms. The van der Waals surface area contributed by atoms with Crippen LogP contribution in [0.1, 0.15) is 11.7 Å². The molecule has 1 fully saturated rings. The van der Waals surface area contributed by atoms with E-state index < -0.39 is 0 Å². The maximum absolute atomic E-state index is 11.2. The number of halogens is 1. The van der Waals surface area contributed by atoms with Gasteiger partial charge in [0, 0.05) is 23.6 Å². The lowest BCUT2D eigenvalue weighted by Crippen LogP contribution is -2.38. The van der Waals surface area contributed by atoms with Crippen LogP contribution in [0.25, 0.3) is 0 Å². The Hall–Kier alpha value is -1.44. The van der Waals surface area contributed by atoms with Gasteiger partial charge in [-0.15, -0.1) is 0 Å². The zero-order valence-electron chi connectivity index (χ0n) is 11.1. The van der Waals surface area contributed by atoms with Crippen LogP contribution < -0.4 is 4.90 Å². The summed E-state index contributed by atoms with van der Waals surface area (Å²) >= 11 is 5.01. The third-order valence-electron chi connectivity index (χ3n) is 3.46. The summed E-state index contributed by atoms with van der Waals surface area (Å²) in [6.45, 7) is 1.83. The average molecular weight is 369 g/mol. The standard InChI is InChI=1S/C14H13BrN2O3S/c15-11-1-2-12(17(18)19)13(7-11)16-4-5-20-14(8-16)10-3-6-21-9-10/h1-3,6-7,9,14H,4-5,8H2. The number of nitro benzene ring substituents is 1. The Labute approximate surface area is 134 Å². The van der Waals surface area contributed by atoms with Crippen molar-refractivity contribution in [1.29, 1.82) is 0 Å². The van der Waals surface area contributed by atoms with E-state index in [1.165, 1.54) is 6.07 Å². The summed E-state index contributed by atoms with van der Waals surface area (Å²) in [6, 6.07) is 7.06. The van der Waals surface area contributed by atoms with E-state index in [-0.39, 0.29) is 16.7 Å². The van der Waals surface area contributed by atoms with Gasteiger partial charge in [0.15, 0.2) is 0 Å². The summed E-state index contributed by atoms with van der Waals surface area (Å²) in [5, 5.41) is 15.3. The lowest BCUT2D eigenvalue weighted by molar-refractivity contribution is -0.384. The van der Waals surface area contributed by atoms with Crippen molar-refractivity contribution in [2.45, 2.75) is 6.10 Å². The van der Waals surface area contributed by atoms with Crippen molar-refractivity contribution in [2.75, 3.05) is 24.6 Å². The molecule has 2 heterocycles. The fourth-order valence-corrected chi connectivity index (χ4v) is 3.48. The largest absolute Gasteiger partial charge is 0.370 e. The van der Waals surface area contributed by atoms with E-state index >= 15 is 0 Å². The molecule has 3 rings (SSSR count). The van der Waals surface area contributed by atoms with Crippen LogP contribution in [0.2, 0.25) is 0 Å². The minimum Gasteiger partial charge on any atom is -0.370 e. The molecule has 1 aliphatic rings. The summed E-state index contributed by atoms with van der Waals surface area (Å²) in [6.07, 6.45) is -0.0383. The minimum atomic E-state index is -0.336. The Balaban J connectivity index is 1.89. The van der Waals surface area contributed by atoms with Crippen molar-refractivity contribution < 1.29 is 9.66 Å². The van der Waals surface area contributed by atoms with Crippen molar-refractivity contribution >= 4 is 38.6 Å². The molecule has 5 nitrogen and oxygen atoms in total. The molecule has 0 saturated carbocycles. The monoisotopic (exact) mass is 368 g/mol. The normalized spacial score (nSPS) is 18.7. The molecule has 0 aliphatic carbocycles. The Kier molecular flexibility index (Phi) is 4.23. The van der Waals surface area contributed by atoms with Crippen LogP contribution in [0.5, 0.6) is 0 Å². The Morgan fingerprint density at radius 1 is 1.43 bits per heavy atom. The van der Waals surface area contributed by atoms with E-state index in [4.69, 9.17) is 4.74 Å². The van der Waals surface area contributed by atoms with Crippen LogP contribution in [0.3, 0.4) is 0 Å². The minimum absolute atomic E-state index is 0.0383. The molecule has 0 N–H and O–H groups in total. The summed E-state index contributed by atoms with van der Waals surface area (Å²) in [5.41, 5.74) is 1.89. The number of benzene rings is 1. The van der Waals surface area contributed by atoms with Gasteiger partial charge in [0.2, 0.25) is 0 Å². The summed E-state index contributed by atoms with van der Waals surface area (Å²) in [4.78, 5) is 12.9. The smallest absolute Gasteiger partial charge is 0.292 e. The summed E-state index contributed by atoms with van der Waals surface area (Å²) in [7, 11) is 0. The maximum atomic E-state index is 11.2. The second-order valence-electron chi connectivity index (χ2n) is 4.75. The number of nitro groups is 1. The molecule has 21 heavy (non-hydrogen) atoms. The quantitative estimate of drug-likeness (QED) is 0.606. The van der Waals surface area contributed by atoms with Crippen LogP contribution in [-0.4, -0.2) is 24.6 Å². The van der Waals surface area contributed by atoms with Gasteiger partial charge in [0.1, 0.15) is 11.8 Å². The maximum Gasteiger partial charge on any atom is 0.292 e. The third-order valence-corrected chi connectivity index (χ3v) is 4.65. The lowest BCUT2D eigenvalue weighted by Gasteiger charge is -2.34. The van der Waals surface area contributed by atoms with Crippen molar-refractivity contribution in [2.24, 2.45) is 0 Å². The fraction of sp³-hybridized carbons (Fsp3) is 0.286. The number of nitrogens with zero attached hydrogens (tertiary/aromatic N) is 2. The third kappa shape index (κ3) is 3.09. The highest BCUT2D eigenvalue weighted by Crippen LogP contribution is 2.34. The lowest BCUT2D eigenvalue weighted by atomic mass is 10.1. The number of hydrogen-bond acceptors (Lipinski definition) is 5. The first kappa shape index (κ1) is 14.5. The molecule has 1 atom stereocenters. The van der Waals surface area contributed by atoms with Gasteiger partial charge in [-0.1, -0.05) is 15.9 Å². The van der Waals surface area contributed by atoms with Crippen LogP contribution in [0.15, 0.2) is 39.5 Å². The number of anilines is 1. The van der Waals surface area contributed by atoms with E-state index in [0.29, 0.717) is 25.4 Å². The molecule has 1 aromatic carbocycles. The van der Waals surface area contributed by atoms with Crippen molar-refractivity contribution in [3.63, 3.8) is 0 Å². The summed E-state index contributed by atoms with van der Waals surface area (Å²) in [5.74, 6) is 0. The van der Waals surface area contributed by atoms with Gasteiger partial charge >= 0.3 is 0 Å². The molecule has 1 aromatic heterocycles. The van der Waals surface area contributed by atoms with Crippen molar-refractivity contribution in [3.8, 4) is 0 Å². The van der Waals surface area contributed by atoms with Crippen LogP contribution in [-0.2, 0) is 4.74 Å². The van der Waals surface area contributed by atoms with Crippen molar-refractivity contribution in [3.05, 3.63) is 55.2 Å². The highest BCUT2D eigenvalue weighted by molar-refractivity contribution is 9.10. The number of ether oxygens (including phenoxy) is 1. The van der Waals surface area contributed by atoms with Crippen molar-refractivity contribution in [1.82, 2.24) is 0 Å². The first-order valence-corrected chi connectivity index (χ1v) is 8.21. The Bertz CT molecular complexity index is 648. The van der Waals surface area contributed by atoms with Gasteiger partial charge < -0.3 is 9.64 Å². The molecule has 1 unspecified atom stereocenters. The van der Waals surface area contributed by atoms with Crippen LogP contribution in [0, 0.1) is 10.1 Å². The molecule has 0 bridgehead atoms. The van der Waals surface area contributed by atoms with Gasteiger partial charge in [0.25, 0.3) is 5.69 Å². The molecule has 2 aromatic rings. The average Bonchev–Trinajstić information content (AvgIpc) is 3.01. The molecular weight excluding hydrogens is 356 g/mol. The molecule has 0 amide bonds. The Morgan fingerprint density at radius 3 is 3.00 bits per heavy atom. The fourth-order valence-electron chi connectivity index (χ4n) is 2.43. The zero-order valence-corrected chi connectivity index (χ0v) is 13.5. The number of rotatable bonds is 3. The van der Waals surface area contributed by atoms with Gasteiger partial charge in [-0.2, -0.15) is 11.3 Å². The van der Waals surface area contributed by atoms with Gasteiger partial charge in [-0.05, 0) is 34.5 Å². The highest BCUT2D eigenvalue weighted by atomic mass is 79.9. The van der Waals surface area contributed by atoms with E-state index in [2.05, 4.69) is 21.3 Å². The van der Waals surface area contributed by atoms with Gasteiger partial charge in [-0.25, -0.2) is 0 Å². The van der Waals surface area contributed by atoms with Gasteiger partial charge in [0.05, 0.1) is 11.5 Å². The summed E-state index contributed by atoms with van der Waals surface area (Å²) < 4.78 is 6.62. The number of hydrogen-bond donors (Lipinski definition) is 0. The van der Waals surface area contributed by atoms with E-state index in [9.17, 15) is 10.1 Å². The first-order valence-electron chi connectivity index (χ1n) is 6.48.